The largest absolute Gasteiger partial charge is 0.463 e. The Kier molecular flexibility index (Phi) is 11.0. The normalized spacial score (nSPS) is 22.2. The molecule has 1 saturated carbocycles. The number of carbonyl (C=O) groups is 2. The summed E-state index contributed by atoms with van der Waals surface area (Å²) in [5.74, 6) is 0.750. The lowest BCUT2D eigenvalue weighted by Crippen LogP contribution is -2.46. The van der Waals surface area contributed by atoms with Gasteiger partial charge >= 0.3 is 5.97 Å². The lowest BCUT2D eigenvalue weighted by Gasteiger charge is -2.41. The Morgan fingerprint density at radius 3 is 2.37 bits per heavy atom. The minimum absolute atomic E-state index is 0.00805. The Morgan fingerprint density at radius 1 is 1.11 bits per heavy atom. The number of ether oxygens (including phenoxy) is 1. The molecule has 1 aliphatic carbocycles. The lowest BCUT2D eigenvalue weighted by molar-refractivity contribution is -0.147. The molecule has 35 heavy (non-hydrogen) atoms. The van der Waals surface area contributed by atoms with Gasteiger partial charge in [0.15, 0.2) is 8.32 Å². The fourth-order valence-corrected chi connectivity index (χ4v) is 6.21. The minimum atomic E-state index is -1.99. The number of allylic oxidation sites excluding steroid dienone is 2. The van der Waals surface area contributed by atoms with Crippen molar-refractivity contribution in [3.8, 4) is 0 Å². The molecule has 0 bridgehead atoms. The van der Waals surface area contributed by atoms with Crippen LogP contribution in [0.3, 0.4) is 0 Å². The summed E-state index contributed by atoms with van der Waals surface area (Å²) >= 11 is 0. The third-order valence-corrected chi connectivity index (χ3v) is 12.2. The van der Waals surface area contributed by atoms with E-state index in [2.05, 4.69) is 77.2 Å². The summed E-state index contributed by atoms with van der Waals surface area (Å²) in [5.41, 5.74) is 1.31. The van der Waals surface area contributed by atoms with Gasteiger partial charge in [0.2, 0.25) is 0 Å². The maximum Gasteiger partial charge on any atom is 0.306 e. The van der Waals surface area contributed by atoms with Crippen LogP contribution in [0.1, 0.15) is 79.2 Å². The van der Waals surface area contributed by atoms with Crippen LogP contribution in [0.4, 0.5) is 0 Å². The number of Topliss-reactive ketones (excluding diaryl/α,β-unsaturated/α-hetero) is 1. The molecule has 0 aromatic heterocycles. The topological polar surface area (TPSA) is 52.6 Å². The fraction of sp³-hybridized carbons (Fsp3) is 0.667. The van der Waals surface area contributed by atoms with E-state index in [1.165, 1.54) is 5.56 Å². The Bertz CT molecular complexity index is 838. The minimum Gasteiger partial charge on any atom is -0.463 e. The van der Waals surface area contributed by atoms with Gasteiger partial charge in [0.1, 0.15) is 5.78 Å². The number of hydrogen-bond donors (Lipinski definition) is 0. The van der Waals surface area contributed by atoms with Crippen LogP contribution in [0.15, 0.2) is 42.5 Å². The van der Waals surface area contributed by atoms with Gasteiger partial charge in [-0.3, -0.25) is 9.59 Å². The van der Waals surface area contributed by atoms with E-state index in [-0.39, 0.29) is 35.1 Å². The summed E-state index contributed by atoms with van der Waals surface area (Å²) in [6.45, 7) is 17.4. The van der Waals surface area contributed by atoms with Crippen LogP contribution in [0.2, 0.25) is 18.1 Å². The highest BCUT2D eigenvalue weighted by atomic mass is 28.4. The number of carbonyl (C=O) groups excluding carboxylic acids is 2. The SMILES string of the molecule is CC(C)OC(=O)CCC/C=C\C[C@H]1C(=O)CC(O[Si](C)(C)C(C)(C)C)[C@@H]1C(C)Cc1ccccc1. The van der Waals surface area contributed by atoms with Crippen LogP contribution in [0, 0.1) is 17.8 Å². The standard InChI is InChI=1S/C30H48O4Si/c1-22(2)33-28(32)19-15-10-9-14-18-25-26(31)21-27(34-35(7,8)30(4,5)6)29(25)23(3)20-24-16-12-11-13-17-24/h9,11-14,16-17,22-23,25,27,29H,10,15,18-21H2,1-8H3/b14-9-/t23?,25-,27?,29+/m0/s1. The molecule has 0 radical (unpaired) electrons. The number of rotatable bonds is 12. The van der Waals surface area contributed by atoms with Crippen molar-refractivity contribution >= 4 is 20.1 Å². The van der Waals surface area contributed by atoms with Crippen molar-refractivity contribution in [3.05, 3.63) is 48.0 Å². The van der Waals surface area contributed by atoms with E-state index in [4.69, 9.17) is 9.16 Å². The van der Waals surface area contributed by atoms with Gasteiger partial charge in [0, 0.05) is 18.8 Å². The molecule has 1 fully saturated rings. The zero-order valence-electron chi connectivity index (χ0n) is 23.3. The number of hydrogen-bond acceptors (Lipinski definition) is 4. The summed E-state index contributed by atoms with van der Waals surface area (Å²) in [7, 11) is -1.99. The van der Waals surface area contributed by atoms with Gasteiger partial charge in [-0.15, -0.1) is 0 Å². The van der Waals surface area contributed by atoms with Crippen LogP contribution in [0.5, 0.6) is 0 Å². The summed E-state index contributed by atoms with van der Waals surface area (Å²) in [4.78, 5) is 25.0. The average Bonchev–Trinajstić information content (AvgIpc) is 3.04. The van der Waals surface area contributed by atoms with Crippen molar-refractivity contribution in [1.29, 1.82) is 0 Å². The van der Waals surface area contributed by atoms with Gasteiger partial charge < -0.3 is 9.16 Å². The van der Waals surface area contributed by atoms with Crippen LogP contribution in [-0.4, -0.2) is 32.3 Å². The molecule has 1 aromatic rings. The summed E-state index contributed by atoms with van der Waals surface area (Å²) in [6.07, 6.45) is 8.44. The molecule has 0 N–H and O–H groups in total. The first kappa shape index (κ1) is 29.5. The van der Waals surface area contributed by atoms with Crippen LogP contribution in [0.25, 0.3) is 0 Å². The van der Waals surface area contributed by atoms with Crippen molar-refractivity contribution in [3.63, 3.8) is 0 Å². The summed E-state index contributed by atoms with van der Waals surface area (Å²) in [5, 5.41) is 0.109. The van der Waals surface area contributed by atoms with Gasteiger partial charge in [-0.05, 0) is 75.1 Å². The highest BCUT2D eigenvalue weighted by Crippen LogP contribution is 2.45. The molecule has 0 amide bonds. The Labute approximate surface area is 215 Å². The molecule has 0 heterocycles. The lowest BCUT2D eigenvalue weighted by atomic mass is 9.79. The summed E-state index contributed by atoms with van der Waals surface area (Å²) in [6, 6.07) is 10.6. The molecule has 0 spiro atoms. The smallest absolute Gasteiger partial charge is 0.306 e. The van der Waals surface area contributed by atoms with Gasteiger partial charge in [-0.25, -0.2) is 0 Å². The second-order valence-electron chi connectivity index (χ2n) is 12.1. The molecule has 196 valence electrons. The van der Waals surface area contributed by atoms with Gasteiger partial charge in [-0.2, -0.15) is 0 Å². The van der Waals surface area contributed by atoms with Crippen molar-refractivity contribution in [2.45, 2.75) is 110 Å². The second kappa shape index (κ2) is 13.0. The van der Waals surface area contributed by atoms with E-state index in [9.17, 15) is 9.59 Å². The van der Waals surface area contributed by atoms with Crippen molar-refractivity contribution in [1.82, 2.24) is 0 Å². The first-order valence-corrected chi connectivity index (χ1v) is 16.3. The van der Waals surface area contributed by atoms with E-state index < -0.39 is 8.32 Å². The Balaban J connectivity index is 2.08. The maximum atomic E-state index is 13.2. The molecular formula is C30H48O4Si. The molecular weight excluding hydrogens is 452 g/mol. The molecule has 0 saturated heterocycles. The van der Waals surface area contributed by atoms with E-state index in [1.807, 2.05) is 19.9 Å². The summed E-state index contributed by atoms with van der Waals surface area (Å²) < 4.78 is 12.1. The van der Waals surface area contributed by atoms with Gasteiger partial charge in [0.25, 0.3) is 0 Å². The van der Waals surface area contributed by atoms with Crippen LogP contribution >= 0.6 is 0 Å². The molecule has 1 aliphatic rings. The van der Waals surface area contributed by atoms with Crippen molar-refractivity contribution < 1.29 is 18.8 Å². The highest BCUT2D eigenvalue weighted by Gasteiger charge is 2.49. The fourth-order valence-electron chi connectivity index (χ4n) is 4.86. The number of ketones is 1. The molecule has 2 unspecified atom stereocenters. The van der Waals surface area contributed by atoms with E-state index in [0.717, 1.165) is 25.7 Å². The number of unbranched alkanes of at least 4 members (excludes halogenated alkanes) is 1. The number of esters is 1. The zero-order chi connectivity index (χ0) is 26.2. The van der Waals surface area contributed by atoms with Crippen molar-refractivity contribution in [2.24, 2.45) is 17.8 Å². The monoisotopic (exact) mass is 500 g/mol. The quantitative estimate of drug-likeness (QED) is 0.129. The first-order valence-electron chi connectivity index (χ1n) is 13.4. The van der Waals surface area contributed by atoms with E-state index in [1.54, 1.807) is 0 Å². The highest BCUT2D eigenvalue weighted by molar-refractivity contribution is 6.74. The van der Waals surface area contributed by atoms with Crippen LogP contribution in [-0.2, 0) is 25.2 Å². The van der Waals surface area contributed by atoms with E-state index >= 15 is 0 Å². The predicted octanol–water partition coefficient (Wildman–Crippen LogP) is 7.53. The zero-order valence-corrected chi connectivity index (χ0v) is 24.3. The Hall–Kier alpha value is -1.72. The molecule has 1 aromatic carbocycles. The molecule has 4 nitrogen and oxygen atoms in total. The molecule has 4 atom stereocenters. The maximum absolute atomic E-state index is 13.2. The third kappa shape index (κ3) is 9.02. The van der Waals surface area contributed by atoms with E-state index in [0.29, 0.717) is 24.5 Å². The Morgan fingerprint density at radius 2 is 1.77 bits per heavy atom. The third-order valence-electron chi connectivity index (χ3n) is 7.70. The molecule has 0 aliphatic heterocycles. The second-order valence-corrected chi connectivity index (χ2v) is 16.8. The van der Waals surface area contributed by atoms with Crippen LogP contribution < -0.4 is 0 Å². The van der Waals surface area contributed by atoms with Crippen molar-refractivity contribution in [2.75, 3.05) is 0 Å². The first-order chi connectivity index (χ1) is 16.3. The predicted molar refractivity (Wildman–Crippen MR) is 147 cm³/mol. The average molecular weight is 501 g/mol. The number of benzene rings is 1. The molecule has 2 rings (SSSR count). The van der Waals surface area contributed by atoms with Gasteiger partial charge in [-0.1, -0.05) is 70.2 Å². The van der Waals surface area contributed by atoms with Gasteiger partial charge in [0.05, 0.1) is 12.2 Å². The molecule has 5 heteroatoms.